The number of carbonyl (C=O) groups is 1. The van der Waals surface area contributed by atoms with Gasteiger partial charge in [0, 0.05) is 18.2 Å². The Morgan fingerprint density at radius 3 is 2.63 bits per heavy atom. The van der Waals surface area contributed by atoms with E-state index in [-0.39, 0.29) is 5.97 Å². The minimum Gasteiger partial charge on any atom is -0.480 e. The number of oxazole rings is 1. The molecule has 3 aromatic rings. The average molecular weight is 411 g/mol. The van der Waals surface area contributed by atoms with E-state index in [1.54, 1.807) is 13.3 Å². The van der Waals surface area contributed by atoms with E-state index in [4.69, 9.17) is 13.9 Å². The Morgan fingerprint density at radius 2 is 1.87 bits per heavy atom. The van der Waals surface area contributed by atoms with Crippen LogP contribution in [-0.2, 0) is 16.0 Å². The number of aryl methyl sites for hydroxylation is 1. The van der Waals surface area contributed by atoms with Gasteiger partial charge in [0.05, 0.1) is 24.4 Å². The summed E-state index contributed by atoms with van der Waals surface area (Å²) in [6.07, 6.45) is 6.75. The summed E-state index contributed by atoms with van der Waals surface area (Å²) in [5, 5.41) is 1.02. The minimum absolute atomic E-state index is 0.127. The van der Waals surface area contributed by atoms with Gasteiger partial charge in [0.2, 0.25) is 5.88 Å². The highest BCUT2D eigenvalue weighted by molar-refractivity contribution is 5.85. The van der Waals surface area contributed by atoms with E-state index < -0.39 is 5.60 Å². The molecule has 30 heavy (non-hydrogen) atoms. The molecule has 6 heteroatoms. The number of esters is 1. The summed E-state index contributed by atoms with van der Waals surface area (Å²) in [5.41, 5.74) is 1.26. The molecule has 2 heterocycles. The van der Waals surface area contributed by atoms with Crippen LogP contribution >= 0.6 is 0 Å². The lowest BCUT2D eigenvalue weighted by atomic mass is 10.1. The first-order valence-electron chi connectivity index (χ1n) is 10.5. The summed E-state index contributed by atoms with van der Waals surface area (Å²) in [5.74, 6) is 1.76. The Bertz CT molecular complexity index is 988. The van der Waals surface area contributed by atoms with Crippen molar-refractivity contribution < 1.29 is 18.7 Å². The molecule has 0 radical (unpaired) electrons. The normalized spacial score (nSPS) is 11.6. The fourth-order valence-electron chi connectivity index (χ4n) is 3.27. The number of rotatable bonds is 9. The fraction of sp³-hybridized carbons (Fsp3) is 0.458. The summed E-state index contributed by atoms with van der Waals surface area (Å²) in [6.45, 7) is 5.66. The molecule has 0 aliphatic rings. The van der Waals surface area contributed by atoms with Crippen molar-refractivity contribution in [2.45, 2.75) is 64.9 Å². The molecule has 0 unspecified atom stereocenters. The van der Waals surface area contributed by atoms with Gasteiger partial charge in [-0.1, -0.05) is 31.0 Å². The van der Waals surface area contributed by atoms with Crippen LogP contribution in [0.1, 0.15) is 58.8 Å². The predicted octanol–water partition coefficient (Wildman–Crippen LogP) is 5.73. The number of hydrogen-bond donors (Lipinski definition) is 0. The molecule has 1 aromatic carbocycles. The van der Waals surface area contributed by atoms with Gasteiger partial charge in [-0.25, -0.2) is 9.97 Å². The highest BCUT2D eigenvalue weighted by Gasteiger charge is 2.16. The first-order chi connectivity index (χ1) is 14.4. The summed E-state index contributed by atoms with van der Waals surface area (Å²) in [7, 11) is 1.61. The molecule has 0 bridgehead atoms. The Hall–Kier alpha value is -2.89. The van der Waals surface area contributed by atoms with Gasteiger partial charge in [0.1, 0.15) is 5.60 Å². The van der Waals surface area contributed by atoms with Gasteiger partial charge in [0.15, 0.2) is 11.7 Å². The van der Waals surface area contributed by atoms with E-state index >= 15 is 0 Å². The molecule has 0 atom stereocenters. The molecule has 0 amide bonds. The van der Waals surface area contributed by atoms with Crippen LogP contribution < -0.4 is 4.74 Å². The highest BCUT2D eigenvalue weighted by atomic mass is 16.6. The van der Waals surface area contributed by atoms with Crippen LogP contribution in [0.15, 0.2) is 40.9 Å². The molecule has 0 spiro atoms. The lowest BCUT2D eigenvalue weighted by molar-refractivity contribution is -0.154. The Kier molecular flexibility index (Phi) is 7.08. The summed E-state index contributed by atoms with van der Waals surface area (Å²) in [4.78, 5) is 20.7. The van der Waals surface area contributed by atoms with Crippen molar-refractivity contribution in [2.24, 2.45) is 0 Å². The molecule has 0 N–H and O–H groups in total. The van der Waals surface area contributed by atoms with E-state index in [2.05, 4.69) is 9.97 Å². The van der Waals surface area contributed by atoms with Gasteiger partial charge < -0.3 is 13.9 Å². The zero-order valence-electron chi connectivity index (χ0n) is 18.2. The third kappa shape index (κ3) is 6.05. The summed E-state index contributed by atoms with van der Waals surface area (Å²) >= 11 is 0. The van der Waals surface area contributed by atoms with Crippen molar-refractivity contribution in [2.75, 3.05) is 7.11 Å². The molecule has 0 fully saturated rings. The maximum absolute atomic E-state index is 11.7. The van der Waals surface area contributed by atoms with Crippen molar-refractivity contribution in [1.82, 2.24) is 9.97 Å². The van der Waals surface area contributed by atoms with Crippen molar-refractivity contribution in [3.05, 3.63) is 42.4 Å². The maximum atomic E-state index is 11.7. The van der Waals surface area contributed by atoms with Crippen LogP contribution in [-0.4, -0.2) is 28.6 Å². The van der Waals surface area contributed by atoms with Crippen molar-refractivity contribution in [3.8, 4) is 17.2 Å². The van der Waals surface area contributed by atoms with Crippen molar-refractivity contribution in [3.63, 3.8) is 0 Å². The third-order valence-corrected chi connectivity index (χ3v) is 4.64. The summed E-state index contributed by atoms with van der Waals surface area (Å²) in [6, 6.07) is 9.92. The minimum atomic E-state index is -0.414. The summed E-state index contributed by atoms with van der Waals surface area (Å²) < 4.78 is 16.7. The van der Waals surface area contributed by atoms with Crippen LogP contribution in [0.2, 0.25) is 0 Å². The first-order valence-corrected chi connectivity index (χ1v) is 10.5. The van der Waals surface area contributed by atoms with Gasteiger partial charge in [-0.05, 0) is 45.7 Å². The fourth-order valence-corrected chi connectivity index (χ4v) is 3.27. The highest BCUT2D eigenvalue weighted by Crippen LogP contribution is 2.32. The van der Waals surface area contributed by atoms with Gasteiger partial charge in [0.25, 0.3) is 0 Å². The number of carbonyl (C=O) groups excluding carboxylic acids is 1. The number of nitrogens with zero attached hydrogens (tertiary/aromatic N) is 2. The molecule has 3 rings (SSSR count). The second-order valence-electron chi connectivity index (χ2n) is 8.36. The standard InChI is InChI=1S/C24H30N2O4/c1-24(2,3)30-22(27)14-8-6-5-7-13-21-25-16-20(29-21)18-15-17-11-9-10-12-19(17)26-23(18)28-4/h9-12,15-16H,5-8,13-14H2,1-4H3. The zero-order chi connectivity index (χ0) is 21.6. The molecular formula is C24H30N2O4. The second kappa shape index (κ2) is 9.74. The molecule has 160 valence electrons. The molecular weight excluding hydrogens is 380 g/mol. The number of benzene rings is 1. The van der Waals surface area contributed by atoms with Gasteiger partial charge in [-0.3, -0.25) is 4.79 Å². The number of ether oxygens (including phenoxy) is 2. The predicted molar refractivity (Wildman–Crippen MR) is 116 cm³/mol. The van der Waals surface area contributed by atoms with Gasteiger partial charge >= 0.3 is 5.97 Å². The Balaban J connectivity index is 1.50. The third-order valence-electron chi connectivity index (χ3n) is 4.64. The van der Waals surface area contributed by atoms with Crippen LogP contribution in [0, 0.1) is 0 Å². The van der Waals surface area contributed by atoms with Gasteiger partial charge in [-0.2, -0.15) is 0 Å². The first kappa shape index (κ1) is 21.8. The smallest absolute Gasteiger partial charge is 0.306 e. The van der Waals surface area contributed by atoms with E-state index in [9.17, 15) is 4.79 Å². The molecule has 0 aliphatic heterocycles. The lowest BCUT2D eigenvalue weighted by Gasteiger charge is -2.19. The number of unbranched alkanes of at least 4 members (excludes halogenated alkanes) is 3. The molecule has 0 aliphatic carbocycles. The molecule has 0 saturated carbocycles. The zero-order valence-corrected chi connectivity index (χ0v) is 18.2. The van der Waals surface area contributed by atoms with Gasteiger partial charge in [-0.15, -0.1) is 0 Å². The van der Waals surface area contributed by atoms with E-state index in [0.717, 1.165) is 48.6 Å². The largest absolute Gasteiger partial charge is 0.480 e. The Morgan fingerprint density at radius 1 is 1.10 bits per heavy atom. The number of hydrogen-bond acceptors (Lipinski definition) is 6. The van der Waals surface area contributed by atoms with Crippen molar-refractivity contribution in [1.29, 1.82) is 0 Å². The number of para-hydroxylation sites is 1. The molecule has 0 saturated heterocycles. The maximum Gasteiger partial charge on any atom is 0.306 e. The van der Waals surface area contributed by atoms with E-state index in [0.29, 0.717) is 24.0 Å². The number of pyridine rings is 1. The number of methoxy groups -OCH3 is 1. The number of aromatic nitrogens is 2. The van der Waals surface area contributed by atoms with Crippen LogP contribution in [0.3, 0.4) is 0 Å². The number of fused-ring (bicyclic) bond motifs is 1. The van der Waals surface area contributed by atoms with Crippen molar-refractivity contribution >= 4 is 16.9 Å². The second-order valence-corrected chi connectivity index (χ2v) is 8.36. The lowest BCUT2D eigenvalue weighted by Crippen LogP contribution is -2.23. The van der Waals surface area contributed by atoms with Crippen LogP contribution in [0.25, 0.3) is 22.2 Å². The molecule has 2 aromatic heterocycles. The van der Waals surface area contributed by atoms with Crippen LogP contribution in [0.5, 0.6) is 5.88 Å². The average Bonchev–Trinajstić information content (AvgIpc) is 3.17. The van der Waals surface area contributed by atoms with E-state index in [1.165, 1.54) is 0 Å². The van der Waals surface area contributed by atoms with E-state index in [1.807, 2.05) is 51.1 Å². The SMILES string of the molecule is COc1nc2ccccc2cc1-c1cnc(CCCCCCC(=O)OC(C)(C)C)o1. The Labute approximate surface area is 177 Å². The van der Waals surface area contributed by atoms with Crippen LogP contribution in [0.4, 0.5) is 0 Å². The topological polar surface area (TPSA) is 74.5 Å². The molecule has 6 nitrogen and oxygen atoms in total. The quantitative estimate of drug-likeness (QED) is 0.331. The monoisotopic (exact) mass is 410 g/mol.